The Morgan fingerprint density at radius 1 is 1.28 bits per heavy atom. The first-order valence-corrected chi connectivity index (χ1v) is 8.95. The molecule has 130 valence electrons. The molecule has 1 aromatic carbocycles. The van der Waals surface area contributed by atoms with Gasteiger partial charge in [0.05, 0.1) is 10.7 Å². The molecule has 0 spiro atoms. The molecule has 0 saturated carbocycles. The normalized spacial score (nSPS) is 12.5. The molecule has 0 aliphatic carbocycles. The van der Waals surface area contributed by atoms with Gasteiger partial charge in [0, 0.05) is 34.3 Å². The number of aromatic nitrogens is 2. The zero-order valence-electron chi connectivity index (χ0n) is 13.1. The molecule has 2 aromatic heterocycles. The summed E-state index contributed by atoms with van der Waals surface area (Å²) in [7, 11) is 0. The van der Waals surface area contributed by atoms with Crippen LogP contribution >= 0.6 is 39.1 Å². The van der Waals surface area contributed by atoms with Gasteiger partial charge in [-0.1, -0.05) is 23.2 Å². The van der Waals surface area contributed by atoms with Gasteiger partial charge in [-0.05, 0) is 52.7 Å². The molecule has 0 bridgehead atoms. The van der Waals surface area contributed by atoms with Crippen LogP contribution in [-0.2, 0) is 6.54 Å². The molecule has 0 radical (unpaired) electrons. The maximum Gasteiger partial charge on any atom is 0.258 e. The molecule has 0 amide bonds. The van der Waals surface area contributed by atoms with Gasteiger partial charge in [-0.3, -0.25) is 9.20 Å². The van der Waals surface area contributed by atoms with E-state index in [2.05, 4.69) is 26.2 Å². The van der Waals surface area contributed by atoms with Gasteiger partial charge in [-0.15, -0.1) is 0 Å². The predicted octanol–water partition coefficient (Wildman–Crippen LogP) is 4.75. The second-order valence-corrected chi connectivity index (χ2v) is 7.28. The fraction of sp³-hybridized carbons (Fsp3) is 0.176. The quantitative estimate of drug-likeness (QED) is 0.590. The highest BCUT2D eigenvalue weighted by Crippen LogP contribution is 2.28. The van der Waals surface area contributed by atoms with Gasteiger partial charge in [0.2, 0.25) is 0 Å². The summed E-state index contributed by atoms with van der Waals surface area (Å²) in [4.78, 5) is 16.6. The largest absolute Gasteiger partial charge is 0.305 e. The number of rotatable bonds is 4. The van der Waals surface area contributed by atoms with E-state index in [4.69, 9.17) is 23.2 Å². The van der Waals surface area contributed by atoms with Crippen molar-refractivity contribution in [1.29, 1.82) is 0 Å². The summed E-state index contributed by atoms with van der Waals surface area (Å²) in [6, 6.07) is 7.47. The minimum atomic E-state index is -0.526. The van der Waals surface area contributed by atoms with Crippen molar-refractivity contribution in [2.24, 2.45) is 0 Å². The fourth-order valence-corrected chi connectivity index (χ4v) is 3.34. The van der Waals surface area contributed by atoms with Crippen molar-refractivity contribution in [2.75, 3.05) is 0 Å². The minimum Gasteiger partial charge on any atom is -0.305 e. The number of nitrogens with one attached hydrogen (secondary N) is 1. The van der Waals surface area contributed by atoms with Gasteiger partial charge in [0.25, 0.3) is 5.56 Å². The molecule has 0 fully saturated rings. The number of halogens is 4. The molecule has 1 N–H and O–H groups in total. The van der Waals surface area contributed by atoms with Gasteiger partial charge in [0.15, 0.2) is 0 Å². The number of hydrogen-bond acceptors (Lipinski definition) is 3. The second kappa shape index (κ2) is 7.41. The molecule has 0 saturated heterocycles. The van der Waals surface area contributed by atoms with Gasteiger partial charge >= 0.3 is 0 Å². The third-order valence-electron chi connectivity index (χ3n) is 3.77. The molecule has 3 rings (SSSR count). The molecule has 3 aromatic rings. The van der Waals surface area contributed by atoms with E-state index >= 15 is 0 Å². The number of benzene rings is 1. The monoisotopic (exact) mass is 443 g/mol. The summed E-state index contributed by atoms with van der Waals surface area (Å²) < 4.78 is 15.9. The molecule has 25 heavy (non-hydrogen) atoms. The number of hydrogen-bond donors (Lipinski definition) is 1. The molecule has 8 heteroatoms. The first kappa shape index (κ1) is 18.3. The van der Waals surface area contributed by atoms with E-state index < -0.39 is 5.82 Å². The standard InChI is InChI=1S/C17H13BrCl2FN3O/c1-9(12-5-15(21)14(20)6-13(12)19)22-7-11-4-17(25)24-8-10(18)2-3-16(24)23-11/h2-6,8-9,22H,7H2,1H3/t9-/m1/s1. The molecule has 0 aliphatic heterocycles. The highest BCUT2D eigenvalue weighted by Gasteiger charge is 2.14. The molecule has 2 heterocycles. The van der Waals surface area contributed by atoms with Crippen molar-refractivity contribution in [3.05, 3.63) is 78.5 Å². The maximum atomic E-state index is 13.7. The first-order chi connectivity index (χ1) is 11.8. The van der Waals surface area contributed by atoms with Crippen LogP contribution in [0.25, 0.3) is 5.65 Å². The van der Waals surface area contributed by atoms with Crippen molar-refractivity contribution in [2.45, 2.75) is 19.5 Å². The predicted molar refractivity (Wildman–Crippen MR) is 101 cm³/mol. The zero-order valence-corrected chi connectivity index (χ0v) is 16.2. The van der Waals surface area contributed by atoms with E-state index in [9.17, 15) is 9.18 Å². The van der Waals surface area contributed by atoms with Crippen LogP contribution in [0.1, 0.15) is 24.2 Å². The Labute approximate surface area is 161 Å². The summed E-state index contributed by atoms with van der Waals surface area (Å²) in [5, 5.41) is 3.55. The van der Waals surface area contributed by atoms with E-state index in [0.717, 1.165) is 4.47 Å². The Balaban J connectivity index is 1.82. The van der Waals surface area contributed by atoms with Crippen molar-refractivity contribution < 1.29 is 4.39 Å². The SMILES string of the molecule is C[C@@H](NCc1cc(=O)n2cc(Br)ccc2n1)c1cc(F)c(Cl)cc1Cl. The highest BCUT2D eigenvalue weighted by atomic mass is 79.9. The Kier molecular flexibility index (Phi) is 5.43. The second-order valence-electron chi connectivity index (χ2n) is 5.55. The summed E-state index contributed by atoms with van der Waals surface area (Å²) in [6.45, 7) is 2.18. The highest BCUT2D eigenvalue weighted by molar-refractivity contribution is 9.10. The molecule has 0 aliphatic rings. The van der Waals surface area contributed by atoms with E-state index in [1.165, 1.54) is 22.6 Å². The third kappa shape index (κ3) is 4.03. The van der Waals surface area contributed by atoms with Crippen LogP contribution in [0.5, 0.6) is 0 Å². The lowest BCUT2D eigenvalue weighted by Crippen LogP contribution is -2.22. The molecular formula is C17H13BrCl2FN3O. The Bertz CT molecular complexity index is 1010. The van der Waals surface area contributed by atoms with Crippen LogP contribution in [0.2, 0.25) is 10.0 Å². The average Bonchev–Trinajstić information content (AvgIpc) is 2.56. The third-order valence-corrected chi connectivity index (χ3v) is 4.86. The van der Waals surface area contributed by atoms with Gasteiger partial charge in [0.1, 0.15) is 11.5 Å². The summed E-state index contributed by atoms with van der Waals surface area (Å²) >= 11 is 15.2. The van der Waals surface area contributed by atoms with Crippen molar-refractivity contribution in [3.63, 3.8) is 0 Å². The molecule has 1 atom stereocenters. The van der Waals surface area contributed by atoms with Crippen LogP contribution in [0.15, 0.2) is 45.8 Å². The molecule has 4 nitrogen and oxygen atoms in total. The minimum absolute atomic E-state index is 0.0173. The molecule has 0 unspecified atom stereocenters. The fourth-order valence-electron chi connectivity index (χ4n) is 2.45. The van der Waals surface area contributed by atoms with Gasteiger partial charge in [-0.25, -0.2) is 9.37 Å². The van der Waals surface area contributed by atoms with E-state index in [1.54, 1.807) is 12.3 Å². The van der Waals surface area contributed by atoms with Crippen LogP contribution in [0.3, 0.4) is 0 Å². The van der Waals surface area contributed by atoms with Crippen LogP contribution < -0.4 is 10.9 Å². The number of pyridine rings is 1. The van der Waals surface area contributed by atoms with Crippen LogP contribution in [-0.4, -0.2) is 9.38 Å². The van der Waals surface area contributed by atoms with Crippen LogP contribution in [0.4, 0.5) is 4.39 Å². The zero-order chi connectivity index (χ0) is 18.1. The summed E-state index contributed by atoms with van der Waals surface area (Å²) in [5.41, 5.74) is 1.55. The Hall–Kier alpha value is -1.47. The average molecular weight is 445 g/mol. The van der Waals surface area contributed by atoms with Crippen molar-refractivity contribution in [3.8, 4) is 0 Å². The first-order valence-electron chi connectivity index (χ1n) is 7.41. The van der Waals surface area contributed by atoms with Crippen LogP contribution in [0, 0.1) is 5.82 Å². The van der Waals surface area contributed by atoms with E-state index in [0.29, 0.717) is 28.5 Å². The lowest BCUT2D eigenvalue weighted by molar-refractivity contribution is 0.559. The number of fused-ring (bicyclic) bond motifs is 1. The number of nitrogens with zero attached hydrogens (tertiary/aromatic N) is 2. The molecular weight excluding hydrogens is 432 g/mol. The summed E-state index contributed by atoms with van der Waals surface area (Å²) in [6.07, 6.45) is 1.67. The van der Waals surface area contributed by atoms with Gasteiger partial charge < -0.3 is 5.32 Å². The van der Waals surface area contributed by atoms with E-state index in [1.807, 2.05) is 13.0 Å². The maximum absolute atomic E-state index is 13.7. The van der Waals surface area contributed by atoms with Crippen molar-refractivity contribution >= 4 is 44.8 Å². The Morgan fingerprint density at radius 2 is 2.04 bits per heavy atom. The van der Waals surface area contributed by atoms with E-state index in [-0.39, 0.29) is 16.6 Å². The summed E-state index contributed by atoms with van der Waals surface area (Å²) in [5.74, 6) is -0.526. The van der Waals surface area contributed by atoms with Gasteiger partial charge in [-0.2, -0.15) is 0 Å². The lowest BCUT2D eigenvalue weighted by atomic mass is 10.1. The van der Waals surface area contributed by atoms with Crippen molar-refractivity contribution in [1.82, 2.24) is 14.7 Å². The lowest BCUT2D eigenvalue weighted by Gasteiger charge is -2.16. The topological polar surface area (TPSA) is 46.4 Å². The Morgan fingerprint density at radius 3 is 2.80 bits per heavy atom. The smallest absolute Gasteiger partial charge is 0.258 e.